The largest absolute Gasteiger partial charge is 0.324 e. The topological polar surface area (TPSA) is 56.1 Å². The van der Waals surface area contributed by atoms with Gasteiger partial charge in [-0.3, -0.25) is 4.79 Å². The number of carbonyl (C=O) groups is 1. The second-order valence-electron chi connectivity index (χ2n) is 5.64. The maximum Gasteiger partial charge on any atom is 0.240 e. The third-order valence-corrected chi connectivity index (χ3v) is 4.18. The van der Waals surface area contributed by atoms with E-state index in [0.29, 0.717) is 12.5 Å². The van der Waals surface area contributed by atoms with Crippen LogP contribution in [0.5, 0.6) is 0 Å². The number of rotatable bonds is 5. The van der Waals surface area contributed by atoms with Crippen LogP contribution in [0.1, 0.15) is 31.7 Å². The molecule has 0 spiro atoms. The van der Waals surface area contributed by atoms with E-state index in [4.69, 9.17) is 5.26 Å². The average Bonchev–Trinajstić information content (AvgIpc) is 2.55. The molecule has 1 amide bonds. The molecule has 1 aromatic rings. The van der Waals surface area contributed by atoms with Crippen molar-refractivity contribution in [2.45, 2.75) is 38.8 Å². The van der Waals surface area contributed by atoms with Crippen LogP contribution in [0.2, 0.25) is 0 Å². The predicted molar refractivity (Wildman–Crippen MR) is 82.3 cm³/mol. The van der Waals surface area contributed by atoms with Gasteiger partial charge in [-0.25, -0.2) is 0 Å². The number of nitriles is 1. The summed E-state index contributed by atoms with van der Waals surface area (Å²) in [7, 11) is 0. The molecule has 4 heteroatoms. The highest BCUT2D eigenvalue weighted by atomic mass is 16.2. The number of piperidine rings is 1. The summed E-state index contributed by atoms with van der Waals surface area (Å²) in [6, 6.07) is 11.8. The summed E-state index contributed by atoms with van der Waals surface area (Å²) in [5, 5.41) is 12.3. The molecule has 1 saturated heterocycles. The van der Waals surface area contributed by atoms with E-state index in [1.165, 1.54) is 0 Å². The van der Waals surface area contributed by atoms with Gasteiger partial charge in [0.2, 0.25) is 5.91 Å². The van der Waals surface area contributed by atoms with Gasteiger partial charge in [0, 0.05) is 6.54 Å². The van der Waals surface area contributed by atoms with Crippen molar-refractivity contribution in [1.29, 1.82) is 5.26 Å². The van der Waals surface area contributed by atoms with E-state index in [0.717, 1.165) is 31.4 Å². The SMILES string of the molecule is CCC1CCNC(C(=O)N(CC#N)Cc2ccccc2)C1. The molecule has 0 bridgehead atoms. The average molecular weight is 285 g/mol. The highest BCUT2D eigenvalue weighted by Crippen LogP contribution is 2.21. The lowest BCUT2D eigenvalue weighted by atomic mass is 9.90. The van der Waals surface area contributed by atoms with Crippen molar-refractivity contribution in [3.05, 3.63) is 35.9 Å². The minimum Gasteiger partial charge on any atom is -0.324 e. The Morgan fingerprint density at radius 1 is 1.43 bits per heavy atom. The molecule has 4 nitrogen and oxygen atoms in total. The molecule has 1 fully saturated rings. The van der Waals surface area contributed by atoms with Crippen molar-refractivity contribution >= 4 is 5.91 Å². The van der Waals surface area contributed by atoms with Gasteiger partial charge in [-0.05, 0) is 30.9 Å². The van der Waals surface area contributed by atoms with Crippen molar-refractivity contribution in [3.8, 4) is 6.07 Å². The minimum absolute atomic E-state index is 0.0542. The Labute approximate surface area is 126 Å². The van der Waals surface area contributed by atoms with E-state index in [2.05, 4.69) is 18.3 Å². The van der Waals surface area contributed by atoms with E-state index in [9.17, 15) is 4.79 Å². The molecule has 1 aromatic carbocycles. The van der Waals surface area contributed by atoms with Gasteiger partial charge in [-0.15, -0.1) is 0 Å². The summed E-state index contributed by atoms with van der Waals surface area (Å²) in [5.74, 6) is 0.666. The number of benzene rings is 1. The van der Waals surface area contributed by atoms with E-state index >= 15 is 0 Å². The highest BCUT2D eigenvalue weighted by Gasteiger charge is 2.29. The number of carbonyl (C=O) groups excluding carboxylic acids is 1. The summed E-state index contributed by atoms with van der Waals surface area (Å²) >= 11 is 0. The minimum atomic E-state index is -0.138. The fourth-order valence-corrected chi connectivity index (χ4v) is 2.88. The maximum absolute atomic E-state index is 12.7. The van der Waals surface area contributed by atoms with E-state index < -0.39 is 0 Å². The standard InChI is InChI=1S/C17H23N3O/c1-2-14-8-10-19-16(12-14)17(21)20(11-9-18)13-15-6-4-3-5-7-15/h3-7,14,16,19H,2,8,10-13H2,1H3. The summed E-state index contributed by atoms with van der Waals surface area (Å²) in [6.45, 7) is 3.71. The molecule has 112 valence electrons. The Morgan fingerprint density at radius 2 is 2.19 bits per heavy atom. The van der Waals surface area contributed by atoms with Gasteiger partial charge < -0.3 is 10.2 Å². The van der Waals surface area contributed by atoms with Crippen molar-refractivity contribution in [2.75, 3.05) is 13.1 Å². The van der Waals surface area contributed by atoms with E-state index in [1.54, 1.807) is 4.90 Å². The molecular weight excluding hydrogens is 262 g/mol. The van der Waals surface area contributed by atoms with Gasteiger partial charge >= 0.3 is 0 Å². The number of nitrogens with zero attached hydrogens (tertiary/aromatic N) is 2. The number of nitrogens with one attached hydrogen (secondary N) is 1. The highest BCUT2D eigenvalue weighted by molar-refractivity contribution is 5.82. The van der Waals surface area contributed by atoms with Crippen LogP contribution < -0.4 is 5.32 Å². The molecular formula is C17H23N3O. The fourth-order valence-electron chi connectivity index (χ4n) is 2.88. The molecule has 0 aromatic heterocycles. The molecule has 2 rings (SSSR count). The van der Waals surface area contributed by atoms with Crippen molar-refractivity contribution in [2.24, 2.45) is 5.92 Å². The molecule has 2 unspecified atom stereocenters. The zero-order valence-corrected chi connectivity index (χ0v) is 12.6. The summed E-state index contributed by atoms with van der Waals surface area (Å²) in [5.41, 5.74) is 1.06. The molecule has 21 heavy (non-hydrogen) atoms. The van der Waals surface area contributed by atoms with E-state index in [1.807, 2.05) is 30.3 Å². The number of hydrogen-bond acceptors (Lipinski definition) is 3. The third kappa shape index (κ3) is 4.30. The second kappa shape index (κ2) is 7.80. The van der Waals surface area contributed by atoms with Gasteiger partial charge in [-0.1, -0.05) is 43.7 Å². The molecule has 0 aliphatic carbocycles. The second-order valence-corrected chi connectivity index (χ2v) is 5.64. The van der Waals surface area contributed by atoms with Gasteiger partial charge in [0.15, 0.2) is 0 Å². The quantitative estimate of drug-likeness (QED) is 0.845. The van der Waals surface area contributed by atoms with E-state index in [-0.39, 0.29) is 18.5 Å². The normalized spacial score (nSPS) is 21.5. The lowest BCUT2D eigenvalue weighted by Crippen LogP contribution is -2.50. The predicted octanol–water partition coefficient (Wildman–Crippen LogP) is 2.32. The van der Waals surface area contributed by atoms with Crippen LogP contribution in [-0.4, -0.2) is 29.9 Å². The van der Waals surface area contributed by atoms with Crippen molar-refractivity contribution < 1.29 is 4.79 Å². The first-order chi connectivity index (χ1) is 10.2. The summed E-state index contributed by atoms with van der Waals surface area (Å²) < 4.78 is 0. The van der Waals surface area contributed by atoms with Crippen LogP contribution in [0.25, 0.3) is 0 Å². The van der Waals surface area contributed by atoms with Crippen LogP contribution in [0, 0.1) is 17.2 Å². The van der Waals surface area contributed by atoms with Gasteiger partial charge in [0.25, 0.3) is 0 Å². The first-order valence-corrected chi connectivity index (χ1v) is 7.67. The Kier molecular flexibility index (Phi) is 5.77. The molecule has 1 N–H and O–H groups in total. The Bertz CT molecular complexity index is 495. The Hall–Kier alpha value is -1.86. The fraction of sp³-hybridized carbons (Fsp3) is 0.529. The molecule has 0 saturated carbocycles. The smallest absolute Gasteiger partial charge is 0.240 e. The van der Waals surface area contributed by atoms with Crippen LogP contribution in [0.4, 0.5) is 0 Å². The number of amides is 1. The van der Waals surface area contributed by atoms with Gasteiger partial charge in [0.05, 0.1) is 12.1 Å². The van der Waals surface area contributed by atoms with Crippen LogP contribution in [-0.2, 0) is 11.3 Å². The summed E-state index contributed by atoms with van der Waals surface area (Å²) in [4.78, 5) is 14.3. The first-order valence-electron chi connectivity index (χ1n) is 7.67. The summed E-state index contributed by atoms with van der Waals surface area (Å²) in [6.07, 6.45) is 3.13. The lowest BCUT2D eigenvalue weighted by Gasteiger charge is -2.32. The Morgan fingerprint density at radius 3 is 2.86 bits per heavy atom. The number of hydrogen-bond donors (Lipinski definition) is 1. The van der Waals surface area contributed by atoms with Gasteiger partial charge in [0.1, 0.15) is 6.54 Å². The molecule has 1 heterocycles. The third-order valence-electron chi connectivity index (χ3n) is 4.18. The molecule has 0 radical (unpaired) electrons. The van der Waals surface area contributed by atoms with Crippen LogP contribution >= 0.6 is 0 Å². The monoisotopic (exact) mass is 285 g/mol. The lowest BCUT2D eigenvalue weighted by molar-refractivity contribution is -0.134. The molecule has 1 aliphatic rings. The molecule has 1 aliphatic heterocycles. The zero-order chi connectivity index (χ0) is 15.1. The van der Waals surface area contributed by atoms with Crippen molar-refractivity contribution in [1.82, 2.24) is 10.2 Å². The molecule has 2 atom stereocenters. The first kappa shape index (κ1) is 15.5. The van der Waals surface area contributed by atoms with Crippen LogP contribution in [0.15, 0.2) is 30.3 Å². The van der Waals surface area contributed by atoms with Crippen molar-refractivity contribution in [3.63, 3.8) is 0 Å². The maximum atomic E-state index is 12.7. The van der Waals surface area contributed by atoms with Crippen LogP contribution in [0.3, 0.4) is 0 Å². The Balaban J connectivity index is 2.03. The zero-order valence-electron chi connectivity index (χ0n) is 12.6. The van der Waals surface area contributed by atoms with Gasteiger partial charge in [-0.2, -0.15) is 5.26 Å².